The van der Waals surface area contributed by atoms with Gasteiger partial charge in [0.15, 0.2) is 0 Å². The molecule has 0 saturated carbocycles. The number of nitrogens with zero attached hydrogens (tertiary/aromatic N) is 4. The average molecular weight is 617 g/mol. The minimum atomic E-state index is -0.923. The van der Waals surface area contributed by atoms with Crippen LogP contribution in [0.1, 0.15) is 53.9 Å². The van der Waals surface area contributed by atoms with Crippen molar-refractivity contribution in [1.29, 1.82) is 0 Å². The van der Waals surface area contributed by atoms with Crippen molar-refractivity contribution < 1.29 is 33.8 Å². The first kappa shape index (κ1) is 36.8. The number of allylic oxidation sites excluding steroid dienone is 1. The van der Waals surface area contributed by atoms with E-state index < -0.39 is 35.7 Å². The van der Waals surface area contributed by atoms with Gasteiger partial charge in [-0.1, -0.05) is 48.4 Å². The maximum Gasteiger partial charge on any atom is 0.334 e. The van der Waals surface area contributed by atoms with Crippen LogP contribution >= 0.6 is 21.6 Å². The van der Waals surface area contributed by atoms with E-state index in [0.29, 0.717) is 36.7 Å². The molecule has 13 heteroatoms. The van der Waals surface area contributed by atoms with Crippen molar-refractivity contribution in [3.05, 3.63) is 24.6 Å². The summed E-state index contributed by atoms with van der Waals surface area (Å²) in [6.07, 6.45) is 2.95. The molecule has 0 aromatic rings. The van der Waals surface area contributed by atoms with E-state index in [2.05, 4.69) is 6.58 Å². The molecule has 0 bridgehead atoms. The number of esters is 1. The number of ether oxygens (including phenoxy) is 2. The summed E-state index contributed by atoms with van der Waals surface area (Å²) in [5.74, 6) is 1.27. The normalized spacial score (nSPS) is 16.7. The van der Waals surface area contributed by atoms with Crippen LogP contribution in [0.25, 0.3) is 0 Å². The number of carbonyl (C=O) groups is 4. The third-order valence-corrected chi connectivity index (χ3v) is 9.55. The zero-order valence-corrected chi connectivity index (χ0v) is 27.2. The Hall–Kier alpha value is -2.22. The summed E-state index contributed by atoms with van der Waals surface area (Å²) in [6.45, 7) is 13.7. The van der Waals surface area contributed by atoms with Gasteiger partial charge in [-0.3, -0.25) is 19.4 Å². The monoisotopic (exact) mass is 616 g/mol. The molecule has 1 saturated heterocycles. The molecule has 1 heterocycles. The van der Waals surface area contributed by atoms with Crippen LogP contribution in [0.4, 0.5) is 9.59 Å². The molecule has 0 aliphatic carbocycles. The number of β-amino-alcohol motifs (C(OH)–C–C–N with tert-alkyl or cyclic N) is 1. The van der Waals surface area contributed by atoms with Crippen LogP contribution in [0.2, 0.25) is 0 Å². The molecule has 0 aromatic carbocycles. The van der Waals surface area contributed by atoms with Gasteiger partial charge in [-0.2, -0.15) is 0 Å². The summed E-state index contributed by atoms with van der Waals surface area (Å²) in [7, 11) is 6.29. The van der Waals surface area contributed by atoms with Crippen molar-refractivity contribution in [3.63, 3.8) is 0 Å². The van der Waals surface area contributed by atoms with E-state index in [1.54, 1.807) is 41.8 Å². The largest absolute Gasteiger partial charge is 0.463 e. The van der Waals surface area contributed by atoms with Gasteiger partial charge in [0.05, 0.1) is 25.6 Å². The minimum absolute atomic E-state index is 0.0256. The van der Waals surface area contributed by atoms with E-state index in [-0.39, 0.29) is 38.6 Å². The summed E-state index contributed by atoms with van der Waals surface area (Å²) in [5.41, 5.74) is -0.501. The number of rotatable bonds is 19. The van der Waals surface area contributed by atoms with Gasteiger partial charge in [0.25, 0.3) is 0 Å². The second-order valence-corrected chi connectivity index (χ2v) is 13.0. The van der Waals surface area contributed by atoms with Crippen molar-refractivity contribution in [2.45, 2.75) is 66.1 Å². The molecular formula is C28H48N4O7S2. The van der Waals surface area contributed by atoms with E-state index in [4.69, 9.17) is 9.47 Å². The molecule has 2 atom stereocenters. The fourth-order valence-electron chi connectivity index (χ4n) is 3.71. The molecule has 11 nitrogen and oxygen atoms in total. The molecule has 234 valence electrons. The van der Waals surface area contributed by atoms with Crippen LogP contribution < -0.4 is 0 Å². The number of aliphatic hydroxyl groups excluding tert-OH is 1. The highest BCUT2D eigenvalue weighted by Gasteiger charge is 2.43. The highest BCUT2D eigenvalue weighted by atomic mass is 33.1. The standard InChI is InChI=1S/C28H48N4O7S2/c1-9-15-30-23(10-2)31(27(37)32(26(30)36)19-22(33)28(5,6)11-3)18-21(38-8)20-39-25(35)14-17-41-40-16-13-24(34)29(7)12-4/h9-10,21-22,33H,1,11-20H2,2-8H3/b23-10+. The summed E-state index contributed by atoms with van der Waals surface area (Å²) >= 11 is 0. The number of amides is 5. The Morgan fingerprint density at radius 3 is 2.22 bits per heavy atom. The van der Waals surface area contributed by atoms with Crippen molar-refractivity contribution >= 4 is 45.5 Å². The fourth-order valence-corrected chi connectivity index (χ4v) is 5.66. The van der Waals surface area contributed by atoms with Crippen molar-refractivity contribution in [2.75, 3.05) is 58.4 Å². The van der Waals surface area contributed by atoms with Crippen LogP contribution in [0.15, 0.2) is 24.6 Å². The minimum Gasteiger partial charge on any atom is -0.463 e. The molecule has 0 spiro atoms. The Kier molecular flexibility index (Phi) is 16.5. The van der Waals surface area contributed by atoms with Gasteiger partial charge < -0.3 is 19.5 Å². The van der Waals surface area contributed by atoms with Gasteiger partial charge >= 0.3 is 18.0 Å². The molecule has 5 amide bonds. The van der Waals surface area contributed by atoms with E-state index >= 15 is 0 Å². The maximum absolute atomic E-state index is 13.6. The van der Waals surface area contributed by atoms with Gasteiger partial charge in [0, 0.05) is 45.2 Å². The predicted molar refractivity (Wildman–Crippen MR) is 164 cm³/mol. The molecule has 1 fully saturated rings. The van der Waals surface area contributed by atoms with Crippen molar-refractivity contribution in [1.82, 2.24) is 19.6 Å². The lowest BCUT2D eigenvalue weighted by Gasteiger charge is -2.44. The molecular weight excluding hydrogens is 568 g/mol. The van der Waals surface area contributed by atoms with Crippen LogP contribution in [-0.4, -0.2) is 119 Å². The lowest BCUT2D eigenvalue weighted by Crippen LogP contribution is -2.62. The van der Waals surface area contributed by atoms with E-state index in [1.807, 2.05) is 27.7 Å². The van der Waals surface area contributed by atoms with Gasteiger partial charge in [-0.15, -0.1) is 6.58 Å². The second kappa shape index (κ2) is 18.3. The third kappa shape index (κ3) is 11.2. The first-order chi connectivity index (χ1) is 19.4. The van der Waals surface area contributed by atoms with E-state index in [1.165, 1.54) is 27.7 Å². The number of carbonyl (C=O) groups excluding carboxylic acids is 4. The number of hydrogen-bond donors (Lipinski definition) is 1. The number of imide groups is 1. The third-order valence-electron chi connectivity index (χ3n) is 7.14. The highest BCUT2D eigenvalue weighted by Crippen LogP contribution is 2.29. The number of urea groups is 2. The summed E-state index contributed by atoms with van der Waals surface area (Å²) in [5, 5.41) is 10.8. The molecule has 1 N–H and O–H groups in total. The highest BCUT2D eigenvalue weighted by molar-refractivity contribution is 8.76. The first-order valence-corrected chi connectivity index (χ1v) is 16.4. The predicted octanol–water partition coefficient (Wildman–Crippen LogP) is 4.19. The Balaban J connectivity index is 2.77. The molecule has 0 radical (unpaired) electrons. The van der Waals surface area contributed by atoms with Gasteiger partial charge in [-0.25, -0.2) is 14.5 Å². The Labute approximate surface area is 253 Å². The van der Waals surface area contributed by atoms with Crippen LogP contribution in [0.3, 0.4) is 0 Å². The smallest absolute Gasteiger partial charge is 0.334 e. The fraction of sp³-hybridized carbons (Fsp3) is 0.714. The van der Waals surface area contributed by atoms with E-state index in [9.17, 15) is 24.3 Å². The van der Waals surface area contributed by atoms with Gasteiger partial charge in [0.2, 0.25) is 5.91 Å². The van der Waals surface area contributed by atoms with Gasteiger partial charge in [-0.05, 0) is 31.8 Å². The SMILES string of the molecule is C=CCN1C(=O)N(CC(O)C(C)(C)CC)C(=O)N(CC(COC(=O)CCSSCCC(=O)N(C)CC)OC)/C1=C/C. The van der Waals surface area contributed by atoms with Crippen molar-refractivity contribution in [3.8, 4) is 0 Å². The lowest BCUT2D eigenvalue weighted by molar-refractivity contribution is -0.147. The second-order valence-electron chi connectivity index (χ2n) is 10.3. The van der Waals surface area contributed by atoms with E-state index in [0.717, 1.165) is 4.90 Å². The number of hydrogen-bond acceptors (Lipinski definition) is 9. The van der Waals surface area contributed by atoms with Crippen molar-refractivity contribution in [2.24, 2.45) is 5.41 Å². The van der Waals surface area contributed by atoms with Gasteiger partial charge in [0.1, 0.15) is 18.5 Å². The molecule has 1 rings (SSSR count). The molecule has 0 aromatic heterocycles. The number of aliphatic hydroxyl groups is 1. The van der Waals surface area contributed by atoms with Crippen LogP contribution in [0, 0.1) is 5.41 Å². The Morgan fingerprint density at radius 1 is 1.07 bits per heavy atom. The number of methoxy groups -OCH3 is 1. The zero-order valence-electron chi connectivity index (χ0n) is 25.6. The Bertz CT molecular complexity index is 931. The topological polar surface area (TPSA) is 120 Å². The molecule has 41 heavy (non-hydrogen) atoms. The lowest BCUT2D eigenvalue weighted by atomic mass is 9.83. The maximum atomic E-state index is 13.6. The molecule has 1 aliphatic heterocycles. The first-order valence-electron chi connectivity index (χ1n) is 13.9. The quantitative estimate of drug-likeness (QED) is 0.0986. The average Bonchev–Trinajstić information content (AvgIpc) is 2.96. The summed E-state index contributed by atoms with van der Waals surface area (Å²) in [4.78, 5) is 56.5. The summed E-state index contributed by atoms with van der Waals surface area (Å²) < 4.78 is 11.0. The van der Waals surface area contributed by atoms with Crippen LogP contribution in [-0.2, 0) is 19.1 Å². The zero-order chi connectivity index (χ0) is 31.2. The molecule has 1 aliphatic rings. The summed E-state index contributed by atoms with van der Waals surface area (Å²) in [6, 6.07) is -1.12. The molecule has 2 unspecified atom stereocenters. The van der Waals surface area contributed by atoms with Crippen LogP contribution in [0.5, 0.6) is 0 Å². The Morgan fingerprint density at radius 2 is 1.68 bits per heavy atom.